The van der Waals surface area contributed by atoms with E-state index in [9.17, 15) is 29.4 Å². The van der Waals surface area contributed by atoms with Crippen LogP contribution in [0.15, 0.2) is 34.5 Å². The molecule has 0 aliphatic carbocycles. The first-order chi connectivity index (χ1) is 27.3. The Balaban J connectivity index is 1.66. The number of carbonyl (C=O) groups is 4. The van der Waals surface area contributed by atoms with E-state index in [0.29, 0.717) is 6.42 Å². The number of oxime groups is 1. The first-order valence-corrected chi connectivity index (χ1v) is 20.2. The number of hydrogen-bond acceptors (Lipinski definition) is 15. The van der Waals surface area contributed by atoms with E-state index in [2.05, 4.69) is 20.4 Å². The first kappa shape index (κ1) is 45.4. The molecule has 322 valence electrons. The summed E-state index contributed by atoms with van der Waals surface area (Å²) in [5.41, 5.74) is -2.89. The van der Waals surface area contributed by atoms with Crippen molar-refractivity contribution in [1.29, 1.82) is 0 Å². The van der Waals surface area contributed by atoms with Crippen LogP contribution in [0.3, 0.4) is 0 Å². The third kappa shape index (κ3) is 10.00. The Morgan fingerprint density at radius 3 is 2.45 bits per heavy atom. The highest BCUT2D eigenvalue weighted by atomic mass is 16.7. The summed E-state index contributed by atoms with van der Waals surface area (Å²) in [6.45, 7) is 13.0. The Morgan fingerprint density at radius 2 is 1.79 bits per heavy atom. The number of likely N-dealkylation sites (N-methyl/N-ethyl adjacent to an activating group) is 1. The number of cyclic esters (lactones) is 1. The van der Waals surface area contributed by atoms with Crippen molar-refractivity contribution in [1.82, 2.24) is 9.88 Å². The molecule has 4 aliphatic rings. The monoisotopic (exact) mass is 815 g/mol. The van der Waals surface area contributed by atoms with Crippen molar-refractivity contribution in [2.45, 2.75) is 141 Å². The van der Waals surface area contributed by atoms with Gasteiger partial charge in [-0.25, -0.2) is 9.98 Å². The van der Waals surface area contributed by atoms with E-state index in [1.165, 1.54) is 20.0 Å². The maximum absolute atomic E-state index is 14.4. The predicted molar refractivity (Wildman–Crippen MR) is 211 cm³/mol. The van der Waals surface area contributed by atoms with Crippen LogP contribution >= 0.6 is 0 Å². The fourth-order valence-electron chi connectivity index (χ4n) is 8.73. The molecule has 5 heterocycles. The SMILES string of the molecule is CC[C@H]1OC(=O)[C@H](C)C(=O)[C@H](C)[C@@H](O[C@@H]2O[C@H](C)C[C@H](N(C)C)[C@H]2O)[C@@]2(C)C[C@@H](C)C3=NC(=O)C(CC(=O)Nc4ccccn4)O/N=C(/CO[C@H]([C@H]3C)[C@]1(C)O)CO2. The Labute approximate surface area is 340 Å². The average Bonchev–Trinajstić information content (AvgIpc) is 3.20. The summed E-state index contributed by atoms with van der Waals surface area (Å²) in [6, 6.07) is 4.67. The fraction of sp³-hybridized carbons (Fsp3) is 0.732. The number of hydrogen-bond donors (Lipinski definition) is 3. The topological polar surface area (TPSA) is 217 Å². The minimum Gasteiger partial charge on any atom is -0.459 e. The predicted octanol–water partition coefficient (Wildman–Crippen LogP) is 2.71. The molecule has 1 aromatic rings. The van der Waals surface area contributed by atoms with Gasteiger partial charge in [0.25, 0.3) is 5.91 Å². The number of ketones is 1. The summed E-state index contributed by atoms with van der Waals surface area (Å²) >= 11 is 0. The molecule has 3 N–H and O–H groups in total. The highest BCUT2D eigenvalue weighted by Gasteiger charge is 2.53. The molecule has 3 saturated heterocycles. The van der Waals surface area contributed by atoms with Crippen molar-refractivity contribution in [3.05, 3.63) is 24.4 Å². The molecule has 17 heteroatoms. The molecule has 0 aromatic carbocycles. The summed E-state index contributed by atoms with van der Waals surface area (Å²) < 4.78 is 32.1. The number of rotatable bonds is 7. The van der Waals surface area contributed by atoms with Crippen LogP contribution in [-0.4, -0.2) is 143 Å². The maximum atomic E-state index is 14.4. The van der Waals surface area contributed by atoms with Crippen LogP contribution in [-0.2, 0) is 47.7 Å². The van der Waals surface area contributed by atoms with Gasteiger partial charge >= 0.3 is 5.97 Å². The largest absolute Gasteiger partial charge is 0.459 e. The molecule has 2 amide bonds. The van der Waals surface area contributed by atoms with Gasteiger partial charge in [0.05, 0.1) is 43.5 Å². The number of pyridine rings is 1. The number of nitrogens with one attached hydrogen (secondary N) is 1. The number of aliphatic hydroxyl groups excluding tert-OH is 1. The van der Waals surface area contributed by atoms with Crippen molar-refractivity contribution in [3.63, 3.8) is 0 Å². The summed E-state index contributed by atoms with van der Waals surface area (Å²) in [4.78, 5) is 72.1. The van der Waals surface area contributed by atoms with Crippen LogP contribution in [0.1, 0.15) is 81.1 Å². The van der Waals surface area contributed by atoms with E-state index >= 15 is 0 Å². The Bertz CT molecular complexity index is 1710. The van der Waals surface area contributed by atoms with Gasteiger partial charge in [-0.3, -0.25) is 19.2 Å². The zero-order chi connectivity index (χ0) is 42.7. The molecular formula is C41H61N5O12. The lowest BCUT2D eigenvalue weighted by molar-refractivity contribution is -0.296. The summed E-state index contributed by atoms with van der Waals surface area (Å²) in [7, 11) is 3.70. The van der Waals surface area contributed by atoms with Gasteiger partial charge in [-0.15, -0.1) is 0 Å². The van der Waals surface area contributed by atoms with Crippen LogP contribution in [0, 0.1) is 23.7 Å². The first-order valence-electron chi connectivity index (χ1n) is 20.2. The van der Waals surface area contributed by atoms with Gasteiger partial charge in [0, 0.05) is 29.8 Å². The normalized spacial score (nSPS) is 40.3. The number of anilines is 1. The molecule has 14 atom stereocenters. The number of Topliss-reactive ketones (excluding diaryl/α,β-unsaturated/α-hetero) is 1. The highest BCUT2D eigenvalue weighted by molar-refractivity contribution is 6.02. The average molecular weight is 816 g/mol. The Hall–Kier alpha value is -3.71. The van der Waals surface area contributed by atoms with Crippen molar-refractivity contribution >= 4 is 40.8 Å². The van der Waals surface area contributed by atoms with Crippen molar-refractivity contribution < 1.29 is 57.9 Å². The molecule has 1 aromatic heterocycles. The van der Waals surface area contributed by atoms with Crippen LogP contribution < -0.4 is 5.32 Å². The summed E-state index contributed by atoms with van der Waals surface area (Å²) in [5.74, 6) is -6.22. The zero-order valence-electron chi connectivity index (χ0n) is 35.2. The Kier molecular flexibility index (Phi) is 14.6. The number of aliphatic hydroxyl groups is 2. The molecule has 5 rings (SSSR count). The molecule has 4 aliphatic heterocycles. The Morgan fingerprint density at radius 1 is 1.07 bits per heavy atom. The van der Waals surface area contributed by atoms with Gasteiger partial charge < -0.3 is 49.0 Å². The quantitative estimate of drug-likeness (QED) is 0.267. The number of aliphatic imine (C=N–C) groups is 1. The maximum Gasteiger partial charge on any atom is 0.316 e. The van der Waals surface area contributed by atoms with E-state index in [0.717, 1.165) is 0 Å². The van der Waals surface area contributed by atoms with Crippen molar-refractivity contribution in [2.75, 3.05) is 32.6 Å². The lowest BCUT2D eigenvalue weighted by atomic mass is 9.73. The third-order valence-corrected chi connectivity index (χ3v) is 12.0. The summed E-state index contributed by atoms with van der Waals surface area (Å²) in [6.07, 6.45) is -5.72. The molecule has 4 bridgehead atoms. The second-order valence-corrected chi connectivity index (χ2v) is 16.9. The van der Waals surface area contributed by atoms with Crippen LogP contribution in [0.25, 0.3) is 0 Å². The minimum absolute atomic E-state index is 0.0884. The molecule has 58 heavy (non-hydrogen) atoms. The number of carbonyl (C=O) groups excluding carboxylic acids is 4. The second-order valence-electron chi connectivity index (χ2n) is 16.9. The molecular weight excluding hydrogens is 754 g/mol. The number of fused-ring (bicyclic) bond motifs is 4. The summed E-state index contributed by atoms with van der Waals surface area (Å²) in [5, 5.41) is 30.9. The van der Waals surface area contributed by atoms with Gasteiger partial charge in [-0.05, 0) is 79.1 Å². The minimum atomic E-state index is -1.88. The van der Waals surface area contributed by atoms with E-state index in [1.54, 1.807) is 45.9 Å². The standard InChI is InChI=1S/C41H61N5O12/c1-11-29-41(8,52)36-23(4)32-21(2)18-40(7,35(24(5)33(48)25(6)38(51)56-29)57-39-34(49)27(46(9)10)16-22(3)55-39)54-20-26(19-53-36)45-58-28(37(50)44-32)17-31(47)43-30-14-12-13-15-42-30/h12-15,21-25,27-29,34-36,39,49,52H,11,16-20H2,1-10H3,(H,42,43,47)/b44-32?,45-26-/t21-,22-,23+,24+,25-,27+,28?,29-,34-,35-,36-,39+,40-,41-/m1/s1. The van der Waals surface area contributed by atoms with E-state index < -0.39 is 102 Å². The number of nitrogens with zero attached hydrogens (tertiary/aromatic N) is 4. The number of aromatic nitrogens is 1. The highest BCUT2D eigenvalue weighted by Crippen LogP contribution is 2.40. The fourth-order valence-corrected chi connectivity index (χ4v) is 8.73. The number of esters is 1. The molecule has 3 fully saturated rings. The lowest BCUT2D eigenvalue weighted by Crippen LogP contribution is -2.60. The number of amides is 2. The zero-order valence-corrected chi connectivity index (χ0v) is 35.2. The molecule has 0 radical (unpaired) electrons. The van der Waals surface area contributed by atoms with Crippen molar-refractivity contribution in [3.8, 4) is 0 Å². The number of ether oxygens (including phenoxy) is 5. The van der Waals surface area contributed by atoms with Gasteiger partial charge in [0.1, 0.15) is 35.3 Å². The lowest BCUT2D eigenvalue weighted by Gasteiger charge is -2.47. The molecule has 0 saturated carbocycles. The van der Waals surface area contributed by atoms with Gasteiger partial charge in [0.2, 0.25) is 12.0 Å². The third-order valence-electron chi connectivity index (χ3n) is 12.0. The van der Waals surface area contributed by atoms with Gasteiger partial charge in [-0.2, -0.15) is 0 Å². The van der Waals surface area contributed by atoms with Crippen LogP contribution in [0.4, 0.5) is 5.82 Å². The van der Waals surface area contributed by atoms with Gasteiger partial charge in [0.15, 0.2) is 12.1 Å². The van der Waals surface area contributed by atoms with E-state index in [-0.39, 0.29) is 55.4 Å². The van der Waals surface area contributed by atoms with Crippen molar-refractivity contribution in [2.24, 2.45) is 33.8 Å². The molecule has 1 unspecified atom stereocenters. The van der Waals surface area contributed by atoms with Gasteiger partial charge in [-0.1, -0.05) is 38.9 Å². The van der Waals surface area contributed by atoms with E-state index in [4.69, 9.17) is 28.5 Å². The molecule has 17 nitrogen and oxygen atoms in total. The second kappa shape index (κ2) is 18.7. The smallest absolute Gasteiger partial charge is 0.316 e. The van der Waals surface area contributed by atoms with Crippen LogP contribution in [0.2, 0.25) is 0 Å². The molecule has 0 spiro atoms. The van der Waals surface area contributed by atoms with E-state index in [1.807, 2.05) is 32.8 Å². The van der Waals surface area contributed by atoms with Crippen LogP contribution in [0.5, 0.6) is 0 Å².